The standard InChI is InChI=1S/C32H43NO11.CH4/c1-15(34)44-32-20-17(12-30(38,27(42-5)25(32)36)26(20)43-28(37)16-9-7-6-8-10-16)31-19(40-3)11-18(35)29(14-39-2)13-33-24(31)21(32)22(41-4)23(29)31;/h6-10,17-27,33,35-36,38H,11-14H2,1-5H3;1H4/t17-,18-,19+,20-,21?,22+,23-,24?,25+,26-,27?,29+,30+,31?,32-;/m0./s1. The van der Waals surface area contributed by atoms with Crippen LogP contribution in [0, 0.1) is 34.5 Å². The van der Waals surface area contributed by atoms with E-state index >= 15 is 0 Å². The van der Waals surface area contributed by atoms with Gasteiger partial charge in [-0.25, -0.2) is 4.79 Å². The van der Waals surface area contributed by atoms with Crippen molar-refractivity contribution in [2.24, 2.45) is 34.5 Å². The average molecular weight is 634 g/mol. The minimum Gasteiger partial charge on any atom is -0.455 e. The van der Waals surface area contributed by atoms with Crippen LogP contribution < -0.4 is 5.32 Å². The Morgan fingerprint density at radius 1 is 1.00 bits per heavy atom. The molecule has 0 radical (unpaired) electrons. The van der Waals surface area contributed by atoms with Gasteiger partial charge in [0.1, 0.15) is 23.9 Å². The van der Waals surface area contributed by atoms with Crippen LogP contribution in [0.2, 0.25) is 0 Å². The number of aliphatic hydroxyl groups is 3. The Labute approximate surface area is 263 Å². The fourth-order valence-corrected chi connectivity index (χ4v) is 11.7. The number of ether oxygens (including phenoxy) is 6. The topological polar surface area (TPSA) is 162 Å². The van der Waals surface area contributed by atoms with Gasteiger partial charge in [0, 0.05) is 83.0 Å². The minimum atomic E-state index is -1.83. The fourth-order valence-electron chi connectivity index (χ4n) is 11.7. The van der Waals surface area contributed by atoms with Gasteiger partial charge in [0.25, 0.3) is 0 Å². The molecule has 7 rings (SSSR count). The van der Waals surface area contributed by atoms with Crippen molar-refractivity contribution in [2.75, 3.05) is 41.6 Å². The third-order valence-electron chi connectivity index (χ3n) is 12.6. The monoisotopic (exact) mass is 633 g/mol. The van der Waals surface area contributed by atoms with E-state index < -0.39 is 94.4 Å². The van der Waals surface area contributed by atoms with Crippen LogP contribution in [0.1, 0.15) is 37.6 Å². The third kappa shape index (κ3) is 3.71. The van der Waals surface area contributed by atoms with Gasteiger partial charge in [0.05, 0.1) is 30.5 Å². The molecule has 0 aromatic heterocycles. The van der Waals surface area contributed by atoms with E-state index in [4.69, 9.17) is 28.4 Å². The average Bonchev–Trinajstić information content (AvgIpc) is 3.35. The minimum absolute atomic E-state index is 0. The number of piperidine rings is 1. The molecule has 1 heterocycles. The molecule has 4 unspecified atom stereocenters. The van der Waals surface area contributed by atoms with Crippen molar-refractivity contribution < 1.29 is 53.3 Å². The molecule has 4 N–H and O–H groups in total. The first kappa shape index (κ1) is 32.8. The largest absolute Gasteiger partial charge is 0.455 e. The Morgan fingerprint density at radius 2 is 1.71 bits per heavy atom. The number of carbonyl (C=O) groups excluding carboxylic acids is 2. The summed E-state index contributed by atoms with van der Waals surface area (Å²) in [6.07, 6.45) is -5.53. The highest BCUT2D eigenvalue weighted by Gasteiger charge is 2.91. The first-order valence-electron chi connectivity index (χ1n) is 15.4. The highest BCUT2D eigenvalue weighted by molar-refractivity contribution is 5.89. The summed E-state index contributed by atoms with van der Waals surface area (Å²) >= 11 is 0. The van der Waals surface area contributed by atoms with Gasteiger partial charge < -0.3 is 49.1 Å². The summed E-state index contributed by atoms with van der Waals surface area (Å²) in [6.45, 7) is 1.91. The van der Waals surface area contributed by atoms with Gasteiger partial charge in [-0.15, -0.1) is 0 Å². The van der Waals surface area contributed by atoms with Crippen molar-refractivity contribution in [1.29, 1.82) is 0 Å². The lowest BCUT2D eigenvalue weighted by Crippen LogP contribution is -2.81. The summed E-state index contributed by atoms with van der Waals surface area (Å²) in [5, 5.41) is 40.4. The van der Waals surface area contributed by atoms with Crippen molar-refractivity contribution in [3.05, 3.63) is 35.9 Å². The fraction of sp³-hybridized carbons (Fsp3) is 0.758. The molecule has 6 fully saturated rings. The molecule has 5 aliphatic carbocycles. The lowest BCUT2D eigenvalue weighted by molar-refractivity contribution is -0.310. The molecule has 45 heavy (non-hydrogen) atoms. The highest BCUT2D eigenvalue weighted by Crippen LogP contribution is 2.79. The number of rotatable bonds is 8. The first-order valence-corrected chi connectivity index (χ1v) is 15.4. The Kier molecular flexibility index (Phi) is 7.97. The van der Waals surface area contributed by atoms with E-state index in [9.17, 15) is 24.9 Å². The maximum atomic E-state index is 13.6. The summed E-state index contributed by atoms with van der Waals surface area (Å²) in [6, 6.07) is 8.08. The van der Waals surface area contributed by atoms with E-state index in [1.54, 1.807) is 51.7 Å². The van der Waals surface area contributed by atoms with E-state index in [-0.39, 0.29) is 26.4 Å². The number of carbonyl (C=O) groups is 2. The van der Waals surface area contributed by atoms with E-state index in [1.807, 2.05) is 0 Å². The Hall–Kier alpha value is -2.16. The van der Waals surface area contributed by atoms with E-state index in [0.717, 1.165) is 0 Å². The molecule has 12 nitrogen and oxygen atoms in total. The van der Waals surface area contributed by atoms with Crippen molar-refractivity contribution in [3.63, 3.8) is 0 Å². The molecule has 1 aliphatic heterocycles. The van der Waals surface area contributed by atoms with Crippen LogP contribution in [-0.4, -0.2) is 123 Å². The molecule has 0 amide bonds. The quantitative estimate of drug-likeness (QED) is 0.295. The van der Waals surface area contributed by atoms with Crippen LogP contribution in [0.25, 0.3) is 0 Å². The number of hydrogen-bond donors (Lipinski definition) is 4. The number of esters is 2. The van der Waals surface area contributed by atoms with Gasteiger partial charge in [0.15, 0.2) is 5.60 Å². The van der Waals surface area contributed by atoms with Gasteiger partial charge in [-0.1, -0.05) is 25.6 Å². The maximum absolute atomic E-state index is 13.6. The summed E-state index contributed by atoms with van der Waals surface area (Å²) in [5.41, 5.74) is -4.81. The lowest BCUT2D eigenvalue weighted by atomic mass is 9.43. The molecule has 1 aromatic rings. The molecule has 6 aliphatic rings. The number of hydrogen-bond acceptors (Lipinski definition) is 12. The molecular formula is C33H47NO11. The molecule has 1 spiro atoms. The van der Waals surface area contributed by atoms with Crippen molar-refractivity contribution in [1.82, 2.24) is 5.32 Å². The zero-order chi connectivity index (χ0) is 31.4. The third-order valence-corrected chi connectivity index (χ3v) is 12.6. The van der Waals surface area contributed by atoms with Gasteiger partial charge >= 0.3 is 11.9 Å². The van der Waals surface area contributed by atoms with E-state index in [1.165, 1.54) is 14.0 Å². The number of fused-ring (bicyclic) bond motifs is 2. The zero-order valence-corrected chi connectivity index (χ0v) is 25.7. The van der Waals surface area contributed by atoms with Crippen molar-refractivity contribution in [2.45, 2.75) is 81.1 Å². The molecule has 250 valence electrons. The van der Waals surface area contributed by atoms with Crippen LogP contribution in [0.15, 0.2) is 30.3 Å². The van der Waals surface area contributed by atoms with Gasteiger partial charge in [-0.05, 0) is 24.5 Å². The first-order chi connectivity index (χ1) is 21.0. The van der Waals surface area contributed by atoms with Gasteiger partial charge in [0.2, 0.25) is 0 Å². The van der Waals surface area contributed by atoms with E-state index in [2.05, 4.69) is 5.32 Å². The number of benzene rings is 1. The highest BCUT2D eigenvalue weighted by atomic mass is 16.6. The lowest BCUT2D eigenvalue weighted by Gasteiger charge is -2.68. The van der Waals surface area contributed by atoms with Crippen molar-refractivity contribution >= 4 is 11.9 Å². The second-order valence-electron chi connectivity index (χ2n) is 13.8. The zero-order valence-electron chi connectivity index (χ0n) is 25.7. The predicted octanol–water partition coefficient (Wildman–Crippen LogP) is 0.552. The Balaban J connectivity index is 0.00000357. The van der Waals surface area contributed by atoms with Crippen LogP contribution >= 0.6 is 0 Å². The summed E-state index contributed by atoms with van der Waals surface area (Å²) < 4.78 is 36.9. The second-order valence-corrected chi connectivity index (χ2v) is 13.8. The number of aliphatic hydroxyl groups excluding tert-OH is 2. The number of nitrogens with one attached hydrogen (secondary N) is 1. The van der Waals surface area contributed by atoms with Gasteiger partial charge in [-0.3, -0.25) is 4.79 Å². The Bertz CT molecular complexity index is 1310. The summed E-state index contributed by atoms with van der Waals surface area (Å²) in [7, 11) is 6.18. The molecule has 1 saturated heterocycles. The molecule has 5 saturated carbocycles. The van der Waals surface area contributed by atoms with Gasteiger partial charge in [-0.2, -0.15) is 0 Å². The summed E-state index contributed by atoms with van der Waals surface area (Å²) in [4.78, 5) is 26.7. The second kappa shape index (κ2) is 10.9. The van der Waals surface area contributed by atoms with Crippen LogP contribution in [-0.2, 0) is 33.2 Å². The van der Waals surface area contributed by atoms with Crippen LogP contribution in [0.3, 0.4) is 0 Å². The molecule has 15 atom stereocenters. The normalized spacial score (nSPS) is 50.0. The van der Waals surface area contributed by atoms with Crippen LogP contribution in [0.4, 0.5) is 0 Å². The van der Waals surface area contributed by atoms with Crippen LogP contribution in [0.5, 0.6) is 0 Å². The molecule has 12 heteroatoms. The molecule has 1 aromatic carbocycles. The van der Waals surface area contributed by atoms with E-state index in [0.29, 0.717) is 18.5 Å². The molecule has 7 bridgehead atoms. The predicted molar refractivity (Wildman–Crippen MR) is 158 cm³/mol. The van der Waals surface area contributed by atoms with Crippen molar-refractivity contribution in [3.8, 4) is 0 Å². The Morgan fingerprint density at radius 3 is 2.31 bits per heavy atom. The smallest absolute Gasteiger partial charge is 0.338 e. The molecular weight excluding hydrogens is 586 g/mol. The number of methoxy groups -OCH3 is 4. The summed E-state index contributed by atoms with van der Waals surface area (Å²) in [5.74, 6) is -3.70. The SMILES string of the molecule is C.COC[C@@]12CNC3C4[C@@H](OC)[C@@H]1C3([C@H](OC)C[C@@H]2O)[C@H]1C[C@]2(O)C(OC)[C@@H](O)[C@]4(OC(C)=O)[C@@H]1[C@@H]2OC(=O)c1ccccc1. The maximum Gasteiger partial charge on any atom is 0.338 e.